The molecule has 0 aliphatic carbocycles. The Morgan fingerprint density at radius 1 is 1.29 bits per heavy atom. The van der Waals surface area contributed by atoms with Gasteiger partial charge in [0.25, 0.3) is 0 Å². The van der Waals surface area contributed by atoms with Crippen LogP contribution in [0.2, 0.25) is 0 Å². The van der Waals surface area contributed by atoms with E-state index < -0.39 is 0 Å². The van der Waals surface area contributed by atoms with Crippen molar-refractivity contribution in [2.45, 2.75) is 32.7 Å². The average molecular weight is 190 g/mol. The predicted molar refractivity (Wildman–Crippen MR) is 62.0 cm³/mol. The zero-order valence-corrected chi connectivity index (χ0v) is 9.15. The fourth-order valence-corrected chi connectivity index (χ4v) is 1.89. The van der Waals surface area contributed by atoms with Gasteiger partial charge in [-0.3, -0.25) is 0 Å². The highest BCUT2D eigenvalue weighted by molar-refractivity contribution is 5.73. The molecule has 0 spiro atoms. The molecular weight excluding hydrogens is 172 g/mol. The Labute approximate surface area is 85.7 Å². The van der Waals surface area contributed by atoms with Crippen LogP contribution in [0.15, 0.2) is 18.2 Å². The number of benzene rings is 1. The van der Waals surface area contributed by atoms with Crippen molar-refractivity contribution in [3.05, 3.63) is 23.8 Å². The van der Waals surface area contributed by atoms with Gasteiger partial charge in [-0.1, -0.05) is 12.1 Å². The van der Waals surface area contributed by atoms with Gasteiger partial charge in [-0.25, -0.2) is 0 Å². The van der Waals surface area contributed by atoms with Crippen LogP contribution < -0.4 is 10.6 Å². The zero-order chi connectivity index (χ0) is 10.2. The number of aryl methyl sites for hydroxylation is 1. The number of nitrogens with one attached hydrogen (secondary N) is 2. The maximum Gasteiger partial charge on any atom is 0.0609 e. The van der Waals surface area contributed by atoms with Gasteiger partial charge in [0.05, 0.1) is 11.4 Å². The van der Waals surface area contributed by atoms with Gasteiger partial charge in [-0.2, -0.15) is 0 Å². The van der Waals surface area contributed by atoms with E-state index >= 15 is 0 Å². The lowest BCUT2D eigenvalue weighted by Gasteiger charge is -2.25. The first-order chi connectivity index (χ1) is 6.58. The number of hydrogen-bond acceptors (Lipinski definition) is 2. The van der Waals surface area contributed by atoms with Crippen molar-refractivity contribution in [1.29, 1.82) is 0 Å². The van der Waals surface area contributed by atoms with E-state index in [9.17, 15) is 0 Å². The molecule has 0 atom stereocenters. The Morgan fingerprint density at radius 3 is 2.86 bits per heavy atom. The van der Waals surface area contributed by atoms with Crippen LogP contribution in [-0.4, -0.2) is 12.1 Å². The summed E-state index contributed by atoms with van der Waals surface area (Å²) in [5.74, 6) is 0. The second-order valence-electron chi connectivity index (χ2n) is 4.68. The summed E-state index contributed by atoms with van der Waals surface area (Å²) >= 11 is 0. The topological polar surface area (TPSA) is 24.1 Å². The molecule has 0 unspecified atom stereocenters. The van der Waals surface area contributed by atoms with Gasteiger partial charge >= 0.3 is 0 Å². The molecule has 1 aliphatic rings. The van der Waals surface area contributed by atoms with E-state index in [1.54, 1.807) is 0 Å². The molecule has 2 heteroatoms. The highest BCUT2D eigenvalue weighted by Crippen LogP contribution is 2.32. The molecule has 2 N–H and O–H groups in total. The lowest BCUT2D eigenvalue weighted by Crippen LogP contribution is -2.31. The fourth-order valence-electron chi connectivity index (χ4n) is 1.89. The molecule has 1 aromatic carbocycles. The Balaban J connectivity index is 2.43. The summed E-state index contributed by atoms with van der Waals surface area (Å²) in [5, 5.41) is 7.06. The monoisotopic (exact) mass is 190 g/mol. The van der Waals surface area contributed by atoms with E-state index in [1.165, 1.54) is 16.9 Å². The van der Waals surface area contributed by atoms with Crippen molar-refractivity contribution in [2.75, 3.05) is 17.2 Å². The summed E-state index contributed by atoms with van der Waals surface area (Å²) < 4.78 is 0. The van der Waals surface area contributed by atoms with Crippen LogP contribution in [0.1, 0.15) is 25.8 Å². The largest absolute Gasteiger partial charge is 0.383 e. The van der Waals surface area contributed by atoms with Gasteiger partial charge in [0, 0.05) is 12.1 Å². The van der Waals surface area contributed by atoms with Crippen molar-refractivity contribution in [2.24, 2.45) is 0 Å². The summed E-state index contributed by atoms with van der Waals surface area (Å²) in [4.78, 5) is 0. The van der Waals surface area contributed by atoms with Crippen molar-refractivity contribution >= 4 is 11.4 Å². The lowest BCUT2D eigenvalue weighted by atomic mass is 10.0. The van der Waals surface area contributed by atoms with E-state index in [-0.39, 0.29) is 5.54 Å². The SMILES string of the molecule is Cc1cccc2c1NC(C)(C)CCN2. The quantitative estimate of drug-likeness (QED) is 0.657. The Morgan fingerprint density at radius 2 is 2.07 bits per heavy atom. The molecule has 0 radical (unpaired) electrons. The van der Waals surface area contributed by atoms with Crippen LogP contribution in [0.25, 0.3) is 0 Å². The minimum Gasteiger partial charge on any atom is -0.383 e. The predicted octanol–water partition coefficient (Wildman–Crippen LogP) is 3.00. The fraction of sp³-hybridized carbons (Fsp3) is 0.500. The molecule has 0 saturated carbocycles. The molecular formula is C12H18N2. The van der Waals surface area contributed by atoms with Crippen LogP contribution in [0.4, 0.5) is 11.4 Å². The van der Waals surface area contributed by atoms with Gasteiger partial charge in [0.2, 0.25) is 0 Å². The van der Waals surface area contributed by atoms with Gasteiger partial charge < -0.3 is 10.6 Å². The molecule has 2 rings (SSSR count). The summed E-state index contributed by atoms with van der Waals surface area (Å²) in [6.07, 6.45) is 1.14. The summed E-state index contributed by atoms with van der Waals surface area (Å²) in [7, 11) is 0. The minimum absolute atomic E-state index is 0.185. The molecule has 14 heavy (non-hydrogen) atoms. The third kappa shape index (κ3) is 1.69. The average Bonchev–Trinajstić information content (AvgIpc) is 2.24. The molecule has 1 aliphatic heterocycles. The van der Waals surface area contributed by atoms with Crippen LogP contribution in [0.3, 0.4) is 0 Å². The standard InChI is InChI=1S/C12H18N2/c1-9-5-4-6-10-11(9)14-12(2,3)7-8-13-10/h4-6,13-14H,7-8H2,1-3H3. The molecule has 1 heterocycles. The third-order valence-electron chi connectivity index (χ3n) is 2.80. The first kappa shape index (κ1) is 9.38. The van der Waals surface area contributed by atoms with Crippen LogP contribution in [-0.2, 0) is 0 Å². The number of anilines is 2. The first-order valence-corrected chi connectivity index (χ1v) is 5.20. The minimum atomic E-state index is 0.185. The van der Waals surface area contributed by atoms with Gasteiger partial charge in [0.15, 0.2) is 0 Å². The molecule has 0 saturated heterocycles. The number of para-hydroxylation sites is 1. The number of hydrogen-bond donors (Lipinski definition) is 2. The number of rotatable bonds is 0. The second kappa shape index (κ2) is 3.19. The molecule has 0 bridgehead atoms. The van der Waals surface area contributed by atoms with Crippen molar-refractivity contribution in [3.8, 4) is 0 Å². The van der Waals surface area contributed by atoms with Crippen molar-refractivity contribution in [1.82, 2.24) is 0 Å². The molecule has 2 nitrogen and oxygen atoms in total. The maximum absolute atomic E-state index is 3.60. The van der Waals surface area contributed by atoms with E-state index in [0.29, 0.717) is 0 Å². The number of fused-ring (bicyclic) bond motifs is 1. The van der Waals surface area contributed by atoms with Crippen LogP contribution in [0.5, 0.6) is 0 Å². The Kier molecular flexibility index (Phi) is 2.14. The molecule has 0 amide bonds. The van der Waals surface area contributed by atoms with E-state index in [4.69, 9.17) is 0 Å². The summed E-state index contributed by atoms with van der Waals surface area (Å²) in [6.45, 7) is 7.68. The van der Waals surface area contributed by atoms with Crippen molar-refractivity contribution in [3.63, 3.8) is 0 Å². The van der Waals surface area contributed by atoms with E-state index in [1.807, 2.05) is 0 Å². The molecule has 1 aromatic rings. The highest BCUT2D eigenvalue weighted by atomic mass is 15.0. The maximum atomic E-state index is 3.60. The third-order valence-corrected chi connectivity index (χ3v) is 2.80. The highest BCUT2D eigenvalue weighted by Gasteiger charge is 2.22. The smallest absolute Gasteiger partial charge is 0.0609 e. The van der Waals surface area contributed by atoms with Gasteiger partial charge in [0.1, 0.15) is 0 Å². The second-order valence-corrected chi connectivity index (χ2v) is 4.68. The van der Waals surface area contributed by atoms with Crippen LogP contribution >= 0.6 is 0 Å². The Hall–Kier alpha value is -1.18. The van der Waals surface area contributed by atoms with Crippen molar-refractivity contribution < 1.29 is 0 Å². The molecule has 0 aromatic heterocycles. The first-order valence-electron chi connectivity index (χ1n) is 5.20. The van der Waals surface area contributed by atoms with Gasteiger partial charge in [-0.05, 0) is 38.8 Å². The molecule has 76 valence electrons. The lowest BCUT2D eigenvalue weighted by molar-refractivity contribution is 0.540. The molecule has 0 fully saturated rings. The van der Waals surface area contributed by atoms with E-state index in [2.05, 4.69) is 49.6 Å². The zero-order valence-electron chi connectivity index (χ0n) is 9.15. The Bertz CT molecular complexity index is 342. The van der Waals surface area contributed by atoms with Crippen LogP contribution in [0, 0.1) is 6.92 Å². The van der Waals surface area contributed by atoms with E-state index in [0.717, 1.165) is 13.0 Å². The summed E-state index contributed by atoms with van der Waals surface area (Å²) in [6, 6.07) is 6.38. The normalized spacial score (nSPS) is 18.8. The van der Waals surface area contributed by atoms with Gasteiger partial charge in [-0.15, -0.1) is 0 Å². The summed E-state index contributed by atoms with van der Waals surface area (Å²) in [5.41, 5.74) is 3.99.